The van der Waals surface area contributed by atoms with Gasteiger partial charge in [-0.3, -0.25) is 4.79 Å². The van der Waals surface area contributed by atoms with Gasteiger partial charge in [-0.1, -0.05) is 11.6 Å². The summed E-state index contributed by atoms with van der Waals surface area (Å²) in [5.41, 5.74) is 1.90. The Kier molecular flexibility index (Phi) is 2.46. The number of fused-ring (bicyclic) bond motifs is 1. The molecule has 0 bridgehead atoms. The van der Waals surface area contributed by atoms with Crippen LogP contribution >= 0.6 is 0 Å². The van der Waals surface area contributed by atoms with Crippen molar-refractivity contribution < 1.29 is 9.53 Å². The summed E-state index contributed by atoms with van der Waals surface area (Å²) in [5, 5.41) is 0. The SMILES string of the molecule is COc1ccc(C)cc1C(=O)C1CC2CC2C1. The van der Waals surface area contributed by atoms with Crippen molar-refractivity contribution in [3.63, 3.8) is 0 Å². The van der Waals surface area contributed by atoms with Gasteiger partial charge in [0.2, 0.25) is 0 Å². The molecule has 1 aromatic rings. The van der Waals surface area contributed by atoms with Crippen LogP contribution in [0.4, 0.5) is 0 Å². The van der Waals surface area contributed by atoms with Crippen molar-refractivity contribution in [3.8, 4) is 5.75 Å². The monoisotopic (exact) mass is 230 g/mol. The van der Waals surface area contributed by atoms with E-state index in [1.807, 2.05) is 25.1 Å². The summed E-state index contributed by atoms with van der Waals surface area (Å²) >= 11 is 0. The van der Waals surface area contributed by atoms with E-state index in [0.717, 1.165) is 41.6 Å². The van der Waals surface area contributed by atoms with Gasteiger partial charge in [-0.2, -0.15) is 0 Å². The van der Waals surface area contributed by atoms with Crippen molar-refractivity contribution in [2.75, 3.05) is 7.11 Å². The summed E-state index contributed by atoms with van der Waals surface area (Å²) in [4.78, 5) is 12.5. The highest BCUT2D eigenvalue weighted by atomic mass is 16.5. The summed E-state index contributed by atoms with van der Waals surface area (Å²) < 4.78 is 5.30. The van der Waals surface area contributed by atoms with Gasteiger partial charge in [0.25, 0.3) is 0 Å². The first-order chi connectivity index (χ1) is 8.19. The van der Waals surface area contributed by atoms with Crippen LogP contribution in [0.25, 0.3) is 0 Å². The Labute approximate surface area is 102 Å². The van der Waals surface area contributed by atoms with Crippen LogP contribution < -0.4 is 4.74 Å². The predicted molar refractivity (Wildman–Crippen MR) is 66.4 cm³/mol. The molecule has 17 heavy (non-hydrogen) atoms. The number of aryl methyl sites for hydroxylation is 1. The molecule has 90 valence electrons. The van der Waals surface area contributed by atoms with Crippen LogP contribution in [0.5, 0.6) is 5.75 Å². The normalized spacial score (nSPS) is 29.9. The number of hydrogen-bond acceptors (Lipinski definition) is 2. The standard InChI is InChI=1S/C15H18O2/c1-9-3-4-14(17-2)13(5-9)15(16)12-7-10-6-11(10)8-12/h3-5,10-12H,6-8H2,1-2H3. The Bertz CT molecular complexity index is 454. The minimum Gasteiger partial charge on any atom is -0.496 e. The van der Waals surface area contributed by atoms with E-state index in [4.69, 9.17) is 4.74 Å². The van der Waals surface area contributed by atoms with Gasteiger partial charge in [0, 0.05) is 5.92 Å². The van der Waals surface area contributed by atoms with E-state index in [1.54, 1.807) is 7.11 Å². The van der Waals surface area contributed by atoms with Crippen molar-refractivity contribution in [3.05, 3.63) is 29.3 Å². The summed E-state index contributed by atoms with van der Waals surface area (Å²) in [6.45, 7) is 2.02. The van der Waals surface area contributed by atoms with Crippen molar-refractivity contribution in [2.24, 2.45) is 17.8 Å². The van der Waals surface area contributed by atoms with Gasteiger partial charge in [0.1, 0.15) is 5.75 Å². The first-order valence-electron chi connectivity index (χ1n) is 6.38. The number of benzene rings is 1. The average molecular weight is 230 g/mol. The third kappa shape index (κ3) is 1.86. The van der Waals surface area contributed by atoms with E-state index in [2.05, 4.69) is 0 Å². The van der Waals surface area contributed by atoms with E-state index >= 15 is 0 Å². The maximum Gasteiger partial charge on any atom is 0.169 e. The topological polar surface area (TPSA) is 26.3 Å². The molecular weight excluding hydrogens is 212 g/mol. The Hall–Kier alpha value is -1.31. The second-order valence-electron chi connectivity index (χ2n) is 5.49. The van der Waals surface area contributed by atoms with Crippen LogP contribution in [0.2, 0.25) is 0 Å². The second kappa shape index (κ2) is 3.86. The smallest absolute Gasteiger partial charge is 0.169 e. The number of hydrogen-bond donors (Lipinski definition) is 0. The molecule has 2 atom stereocenters. The van der Waals surface area contributed by atoms with E-state index in [1.165, 1.54) is 6.42 Å². The molecule has 0 radical (unpaired) electrons. The number of methoxy groups -OCH3 is 1. The first-order valence-corrected chi connectivity index (χ1v) is 6.38. The molecule has 3 rings (SSSR count). The largest absolute Gasteiger partial charge is 0.496 e. The number of carbonyl (C=O) groups excluding carboxylic acids is 1. The van der Waals surface area contributed by atoms with Crippen molar-refractivity contribution in [1.29, 1.82) is 0 Å². The van der Waals surface area contributed by atoms with E-state index in [9.17, 15) is 4.79 Å². The van der Waals surface area contributed by atoms with Crippen molar-refractivity contribution >= 4 is 5.78 Å². The Morgan fingerprint density at radius 1 is 1.24 bits per heavy atom. The minimum atomic E-state index is 0.245. The van der Waals surface area contributed by atoms with Gasteiger partial charge in [0.15, 0.2) is 5.78 Å². The highest BCUT2D eigenvalue weighted by molar-refractivity contribution is 6.00. The van der Waals surface area contributed by atoms with Gasteiger partial charge in [0.05, 0.1) is 12.7 Å². The zero-order chi connectivity index (χ0) is 12.0. The summed E-state index contributed by atoms with van der Waals surface area (Å²) in [6.07, 6.45) is 3.55. The van der Waals surface area contributed by atoms with E-state index < -0.39 is 0 Å². The lowest BCUT2D eigenvalue weighted by atomic mass is 9.92. The Morgan fingerprint density at radius 3 is 2.59 bits per heavy atom. The molecule has 1 aromatic carbocycles. The van der Waals surface area contributed by atoms with Crippen molar-refractivity contribution in [2.45, 2.75) is 26.2 Å². The molecule has 0 aliphatic heterocycles. The van der Waals surface area contributed by atoms with Gasteiger partial charge in [-0.15, -0.1) is 0 Å². The van der Waals surface area contributed by atoms with Gasteiger partial charge in [-0.05, 0) is 50.2 Å². The van der Waals surface area contributed by atoms with Gasteiger partial charge >= 0.3 is 0 Å². The maximum atomic E-state index is 12.5. The molecule has 2 unspecified atom stereocenters. The summed E-state index contributed by atoms with van der Waals surface area (Å²) in [5.74, 6) is 2.95. The van der Waals surface area contributed by atoms with Gasteiger partial charge in [-0.25, -0.2) is 0 Å². The average Bonchev–Trinajstić information content (AvgIpc) is 2.95. The predicted octanol–water partition coefficient (Wildman–Crippen LogP) is 3.23. The van der Waals surface area contributed by atoms with E-state index in [-0.39, 0.29) is 11.7 Å². The minimum absolute atomic E-state index is 0.245. The number of rotatable bonds is 3. The van der Waals surface area contributed by atoms with Crippen LogP contribution in [0, 0.1) is 24.7 Å². The number of ketones is 1. The summed E-state index contributed by atoms with van der Waals surface area (Å²) in [7, 11) is 1.63. The second-order valence-corrected chi connectivity index (χ2v) is 5.49. The third-order valence-corrected chi connectivity index (χ3v) is 4.23. The third-order valence-electron chi connectivity index (χ3n) is 4.23. The fourth-order valence-corrected chi connectivity index (χ4v) is 3.16. The quantitative estimate of drug-likeness (QED) is 0.745. The molecule has 0 spiro atoms. The summed E-state index contributed by atoms with van der Waals surface area (Å²) in [6, 6.07) is 5.85. The lowest BCUT2D eigenvalue weighted by Gasteiger charge is -2.14. The highest BCUT2D eigenvalue weighted by Crippen LogP contribution is 2.55. The number of ether oxygens (including phenoxy) is 1. The molecule has 0 N–H and O–H groups in total. The number of Topliss-reactive ketones (excluding diaryl/α,β-unsaturated/α-hetero) is 1. The lowest BCUT2D eigenvalue weighted by Crippen LogP contribution is -2.14. The molecule has 2 fully saturated rings. The fourth-order valence-electron chi connectivity index (χ4n) is 3.16. The van der Waals surface area contributed by atoms with Crippen LogP contribution in [0.15, 0.2) is 18.2 Å². The Balaban J connectivity index is 1.87. The van der Waals surface area contributed by atoms with Crippen LogP contribution in [0.3, 0.4) is 0 Å². The van der Waals surface area contributed by atoms with Crippen LogP contribution in [0.1, 0.15) is 35.2 Å². The molecule has 0 heterocycles. The zero-order valence-corrected chi connectivity index (χ0v) is 10.4. The fraction of sp³-hybridized carbons (Fsp3) is 0.533. The molecular formula is C15H18O2. The van der Waals surface area contributed by atoms with Crippen LogP contribution in [-0.4, -0.2) is 12.9 Å². The maximum absolute atomic E-state index is 12.5. The molecule has 2 saturated carbocycles. The Morgan fingerprint density at radius 2 is 1.94 bits per heavy atom. The van der Waals surface area contributed by atoms with E-state index in [0.29, 0.717) is 0 Å². The highest BCUT2D eigenvalue weighted by Gasteiger charge is 2.48. The first kappa shape index (κ1) is 10.8. The molecule has 0 aromatic heterocycles. The molecule has 2 aliphatic carbocycles. The molecule has 0 saturated heterocycles. The lowest BCUT2D eigenvalue weighted by molar-refractivity contribution is 0.0911. The van der Waals surface area contributed by atoms with Gasteiger partial charge < -0.3 is 4.74 Å². The van der Waals surface area contributed by atoms with Crippen LogP contribution in [-0.2, 0) is 0 Å². The van der Waals surface area contributed by atoms with Crippen molar-refractivity contribution in [1.82, 2.24) is 0 Å². The molecule has 2 heteroatoms. The number of carbonyl (C=O) groups is 1. The molecule has 2 nitrogen and oxygen atoms in total. The molecule has 0 amide bonds. The molecule has 2 aliphatic rings. The zero-order valence-electron chi connectivity index (χ0n) is 10.4.